The SMILES string of the molecule is COc1ccc(NC(=S)N=Nc2c(O)[nH]c3c(Cl)ccc(Cl)c23)cc1. The summed E-state index contributed by atoms with van der Waals surface area (Å²) in [5.74, 6) is 0.536. The molecule has 0 saturated heterocycles. The van der Waals surface area contributed by atoms with Crippen molar-refractivity contribution in [3.63, 3.8) is 0 Å². The third-order valence-electron chi connectivity index (χ3n) is 3.39. The highest BCUT2D eigenvalue weighted by atomic mass is 35.5. The summed E-state index contributed by atoms with van der Waals surface area (Å²) in [5.41, 5.74) is 1.38. The highest BCUT2D eigenvalue weighted by molar-refractivity contribution is 7.80. The first-order chi connectivity index (χ1) is 12.0. The molecule has 0 amide bonds. The van der Waals surface area contributed by atoms with E-state index in [1.807, 2.05) is 0 Å². The minimum absolute atomic E-state index is 0.122. The molecule has 1 heterocycles. The van der Waals surface area contributed by atoms with E-state index < -0.39 is 0 Å². The Morgan fingerprint density at radius 2 is 1.84 bits per heavy atom. The Bertz CT molecular complexity index is 970. The van der Waals surface area contributed by atoms with Crippen LogP contribution in [0.25, 0.3) is 10.9 Å². The molecule has 0 unspecified atom stereocenters. The Kier molecular flexibility index (Phi) is 5.08. The highest BCUT2D eigenvalue weighted by Crippen LogP contribution is 2.42. The number of nitrogens with one attached hydrogen (secondary N) is 2. The molecular formula is C16H12Cl2N4O2S. The van der Waals surface area contributed by atoms with Crippen molar-refractivity contribution < 1.29 is 9.84 Å². The Hall–Kier alpha value is -2.35. The zero-order valence-corrected chi connectivity index (χ0v) is 15.2. The number of hydrogen-bond donors (Lipinski definition) is 3. The van der Waals surface area contributed by atoms with Gasteiger partial charge in [0.25, 0.3) is 0 Å². The number of nitrogens with zero attached hydrogens (tertiary/aromatic N) is 2. The maximum absolute atomic E-state index is 10.0. The molecule has 3 rings (SSSR count). The van der Waals surface area contributed by atoms with Crippen LogP contribution in [0.15, 0.2) is 46.6 Å². The average molecular weight is 395 g/mol. The van der Waals surface area contributed by atoms with Gasteiger partial charge in [-0.3, -0.25) is 0 Å². The van der Waals surface area contributed by atoms with Crippen molar-refractivity contribution in [1.29, 1.82) is 0 Å². The fourth-order valence-electron chi connectivity index (χ4n) is 2.22. The number of anilines is 1. The van der Waals surface area contributed by atoms with Crippen LogP contribution in [-0.2, 0) is 0 Å². The van der Waals surface area contributed by atoms with Crippen LogP contribution in [0.1, 0.15) is 0 Å². The van der Waals surface area contributed by atoms with Crippen molar-refractivity contribution >= 4 is 62.8 Å². The van der Waals surface area contributed by atoms with Gasteiger partial charge in [0.15, 0.2) is 5.69 Å². The Morgan fingerprint density at radius 3 is 2.52 bits per heavy atom. The summed E-state index contributed by atoms with van der Waals surface area (Å²) in [5, 5.41) is 22.3. The van der Waals surface area contributed by atoms with Gasteiger partial charge >= 0.3 is 0 Å². The molecule has 3 N–H and O–H groups in total. The lowest BCUT2D eigenvalue weighted by Gasteiger charge is -2.04. The average Bonchev–Trinajstić information content (AvgIpc) is 2.95. The minimum atomic E-state index is -0.194. The van der Waals surface area contributed by atoms with Gasteiger partial charge in [0, 0.05) is 5.69 Å². The highest BCUT2D eigenvalue weighted by Gasteiger charge is 2.16. The van der Waals surface area contributed by atoms with Gasteiger partial charge in [-0.15, -0.1) is 10.2 Å². The monoisotopic (exact) mass is 394 g/mol. The predicted molar refractivity (Wildman–Crippen MR) is 104 cm³/mol. The summed E-state index contributed by atoms with van der Waals surface area (Å²) in [4.78, 5) is 2.73. The number of methoxy groups -OCH3 is 1. The van der Waals surface area contributed by atoms with Crippen LogP contribution in [-0.4, -0.2) is 22.3 Å². The van der Waals surface area contributed by atoms with Gasteiger partial charge in [0.05, 0.1) is 28.1 Å². The molecular weight excluding hydrogens is 383 g/mol. The van der Waals surface area contributed by atoms with Crippen molar-refractivity contribution in [3.05, 3.63) is 46.4 Å². The second-order valence-electron chi connectivity index (χ2n) is 4.96. The lowest BCUT2D eigenvalue weighted by atomic mass is 10.2. The minimum Gasteiger partial charge on any atom is -0.497 e. The molecule has 1 aromatic heterocycles. The summed E-state index contributed by atoms with van der Waals surface area (Å²) in [6.07, 6.45) is 0. The van der Waals surface area contributed by atoms with Crippen molar-refractivity contribution in [3.8, 4) is 11.6 Å². The van der Waals surface area contributed by atoms with E-state index >= 15 is 0 Å². The van der Waals surface area contributed by atoms with E-state index in [0.29, 0.717) is 20.9 Å². The second kappa shape index (κ2) is 7.26. The number of azo groups is 1. The molecule has 0 radical (unpaired) electrons. The molecule has 128 valence electrons. The lowest BCUT2D eigenvalue weighted by molar-refractivity contribution is 0.415. The molecule has 0 saturated carbocycles. The van der Waals surface area contributed by atoms with E-state index in [0.717, 1.165) is 11.4 Å². The summed E-state index contributed by atoms with van der Waals surface area (Å²) in [7, 11) is 1.59. The summed E-state index contributed by atoms with van der Waals surface area (Å²) in [6.45, 7) is 0. The summed E-state index contributed by atoms with van der Waals surface area (Å²) in [6, 6.07) is 10.4. The van der Waals surface area contributed by atoms with E-state index in [1.54, 1.807) is 43.5 Å². The molecule has 6 nitrogen and oxygen atoms in total. The number of hydrogen-bond acceptors (Lipinski definition) is 4. The number of aromatic hydroxyl groups is 1. The van der Waals surface area contributed by atoms with Gasteiger partial charge in [0.1, 0.15) is 5.75 Å². The van der Waals surface area contributed by atoms with Crippen molar-refractivity contribution in [2.45, 2.75) is 0 Å². The van der Waals surface area contributed by atoms with E-state index in [4.69, 9.17) is 40.2 Å². The molecule has 0 fully saturated rings. The number of aromatic amines is 1. The van der Waals surface area contributed by atoms with Gasteiger partial charge in [-0.05, 0) is 48.6 Å². The zero-order valence-electron chi connectivity index (χ0n) is 12.9. The maximum Gasteiger partial charge on any atom is 0.218 e. The largest absolute Gasteiger partial charge is 0.497 e. The zero-order chi connectivity index (χ0) is 18.0. The van der Waals surface area contributed by atoms with Crippen LogP contribution in [0.3, 0.4) is 0 Å². The fourth-order valence-corrected chi connectivity index (χ4v) is 2.83. The topological polar surface area (TPSA) is 82.0 Å². The van der Waals surface area contributed by atoms with E-state index in [1.165, 1.54) is 0 Å². The Labute approximate surface area is 158 Å². The van der Waals surface area contributed by atoms with Crippen LogP contribution in [0.4, 0.5) is 11.4 Å². The maximum atomic E-state index is 10.0. The van der Waals surface area contributed by atoms with Crippen molar-refractivity contribution in [2.75, 3.05) is 12.4 Å². The van der Waals surface area contributed by atoms with Crippen LogP contribution in [0.2, 0.25) is 10.0 Å². The summed E-state index contributed by atoms with van der Waals surface area (Å²) < 4.78 is 5.09. The van der Waals surface area contributed by atoms with Crippen LogP contribution < -0.4 is 10.1 Å². The molecule has 0 spiro atoms. The van der Waals surface area contributed by atoms with Gasteiger partial charge in [0.2, 0.25) is 11.0 Å². The second-order valence-corrected chi connectivity index (χ2v) is 6.16. The number of H-pyrrole nitrogens is 1. The molecule has 3 aromatic rings. The van der Waals surface area contributed by atoms with Gasteiger partial charge < -0.3 is 20.1 Å². The number of thiocarbonyl (C=S) groups is 1. The molecule has 2 aromatic carbocycles. The number of ether oxygens (including phenoxy) is 1. The molecule has 0 aliphatic heterocycles. The number of benzene rings is 2. The van der Waals surface area contributed by atoms with E-state index in [9.17, 15) is 5.11 Å². The number of rotatable bonds is 3. The van der Waals surface area contributed by atoms with Gasteiger partial charge in [-0.2, -0.15) is 0 Å². The van der Waals surface area contributed by atoms with Crippen LogP contribution in [0, 0.1) is 0 Å². The quantitative estimate of drug-likeness (QED) is 0.394. The lowest BCUT2D eigenvalue weighted by Crippen LogP contribution is -2.04. The molecule has 0 atom stereocenters. The van der Waals surface area contributed by atoms with Gasteiger partial charge in [-0.25, -0.2) is 0 Å². The third-order valence-corrected chi connectivity index (χ3v) is 4.20. The molecule has 9 heteroatoms. The van der Waals surface area contributed by atoms with E-state index in [-0.39, 0.29) is 16.7 Å². The van der Waals surface area contributed by atoms with Crippen molar-refractivity contribution in [2.24, 2.45) is 10.2 Å². The first-order valence-corrected chi connectivity index (χ1v) is 8.21. The van der Waals surface area contributed by atoms with Crippen LogP contribution >= 0.6 is 35.4 Å². The predicted octanol–water partition coefficient (Wildman–Crippen LogP) is 5.67. The van der Waals surface area contributed by atoms with Gasteiger partial charge in [-0.1, -0.05) is 23.2 Å². The Morgan fingerprint density at radius 1 is 1.16 bits per heavy atom. The van der Waals surface area contributed by atoms with Crippen molar-refractivity contribution in [1.82, 2.24) is 4.98 Å². The first-order valence-electron chi connectivity index (χ1n) is 7.05. The standard InChI is InChI=1S/C16H12Cl2N4O2S/c1-24-9-4-2-8(3-5-9)19-16(25)22-21-14-12-10(17)6-7-11(18)13(12)20-15(14)23/h2-7,20,23H,1H3,(H,19,25). The Balaban J connectivity index is 1.84. The third kappa shape index (κ3) is 3.68. The number of fused-ring (bicyclic) bond motifs is 1. The molecule has 0 bridgehead atoms. The number of aromatic nitrogens is 1. The normalized spacial score (nSPS) is 11.2. The summed E-state index contributed by atoms with van der Waals surface area (Å²) >= 11 is 17.4. The van der Waals surface area contributed by atoms with E-state index in [2.05, 4.69) is 20.5 Å². The number of halogens is 2. The smallest absolute Gasteiger partial charge is 0.218 e. The first kappa shape index (κ1) is 17.5. The van der Waals surface area contributed by atoms with Crippen LogP contribution in [0.5, 0.6) is 11.6 Å². The fraction of sp³-hybridized carbons (Fsp3) is 0.0625. The molecule has 0 aliphatic rings. The molecule has 25 heavy (non-hydrogen) atoms. The molecule has 0 aliphatic carbocycles.